The van der Waals surface area contributed by atoms with E-state index in [9.17, 15) is 9.90 Å². The Hall–Kier alpha value is -1.85. The first-order valence-electron chi connectivity index (χ1n) is 6.39. The molecule has 0 saturated carbocycles. The molecule has 0 radical (unpaired) electrons. The number of aromatic nitrogens is 2. The number of aromatic amines is 1. The van der Waals surface area contributed by atoms with Crippen molar-refractivity contribution in [1.29, 1.82) is 0 Å². The second kappa shape index (κ2) is 5.26. The van der Waals surface area contributed by atoms with E-state index in [0.717, 1.165) is 11.1 Å². The molecule has 1 aromatic carbocycles. The quantitative estimate of drug-likeness (QED) is 0.909. The van der Waals surface area contributed by atoms with E-state index >= 15 is 0 Å². The van der Waals surface area contributed by atoms with E-state index in [1.165, 1.54) is 0 Å². The number of aliphatic hydroxyl groups excluding tert-OH is 1. The average Bonchev–Trinajstić information content (AvgIpc) is 3.04. The van der Waals surface area contributed by atoms with Crippen molar-refractivity contribution >= 4 is 23.3 Å². The van der Waals surface area contributed by atoms with Gasteiger partial charge in [0.15, 0.2) is 0 Å². The number of benzene rings is 1. The van der Waals surface area contributed by atoms with Gasteiger partial charge in [-0.05, 0) is 17.7 Å². The number of nitrogens with zero attached hydrogens (tertiary/aromatic N) is 2. The van der Waals surface area contributed by atoms with Crippen molar-refractivity contribution in [3.05, 3.63) is 35.5 Å². The Bertz CT molecular complexity index is 641. The summed E-state index contributed by atoms with van der Waals surface area (Å²) in [6.07, 6.45) is 2.05. The van der Waals surface area contributed by atoms with Crippen LogP contribution in [0, 0.1) is 5.92 Å². The third-order valence-corrected chi connectivity index (χ3v) is 3.72. The van der Waals surface area contributed by atoms with Crippen molar-refractivity contribution in [3.8, 4) is 11.1 Å². The zero-order valence-corrected chi connectivity index (χ0v) is 11.5. The Morgan fingerprint density at radius 3 is 3.05 bits per heavy atom. The first kappa shape index (κ1) is 13.1. The molecule has 1 unspecified atom stereocenters. The lowest BCUT2D eigenvalue weighted by molar-refractivity contribution is -0.117. The topological polar surface area (TPSA) is 69.2 Å². The number of anilines is 1. The smallest absolute Gasteiger partial charge is 0.228 e. The van der Waals surface area contributed by atoms with Gasteiger partial charge in [-0.15, -0.1) is 0 Å². The molecule has 5 nitrogen and oxygen atoms in total. The summed E-state index contributed by atoms with van der Waals surface area (Å²) in [7, 11) is 0. The van der Waals surface area contributed by atoms with Crippen LogP contribution in [0.25, 0.3) is 11.1 Å². The number of H-pyrrole nitrogens is 1. The molecule has 1 atom stereocenters. The molecule has 6 heteroatoms. The van der Waals surface area contributed by atoms with Crippen LogP contribution in [-0.4, -0.2) is 34.4 Å². The van der Waals surface area contributed by atoms with Crippen LogP contribution in [0.4, 0.5) is 5.82 Å². The van der Waals surface area contributed by atoms with Crippen molar-refractivity contribution < 1.29 is 9.90 Å². The van der Waals surface area contributed by atoms with Gasteiger partial charge >= 0.3 is 0 Å². The number of hydrogen-bond acceptors (Lipinski definition) is 3. The van der Waals surface area contributed by atoms with E-state index in [4.69, 9.17) is 11.6 Å². The molecule has 104 valence electrons. The van der Waals surface area contributed by atoms with E-state index in [2.05, 4.69) is 10.2 Å². The minimum absolute atomic E-state index is 0.00317. The third-order valence-electron chi connectivity index (χ3n) is 3.49. The first-order valence-corrected chi connectivity index (χ1v) is 6.77. The molecule has 0 aliphatic carbocycles. The van der Waals surface area contributed by atoms with E-state index in [1.54, 1.807) is 17.2 Å². The zero-order valence-electron chi connectivity index (χ0n) is 10.7. The number of aliphatic hydroxyl groups is 1. The number of carbonyl (C=O) groups excluding carboxylic acids is 1. The first-order chi connectivity index (χ1) is 9.69. The van der Waals surface area contributed by atoms with Crippen LogP contribution >= 0.6 is 11.6 Å². The molecule has 2 heterocycles. The molecule has 20 heavy (non-hydrogen) atoms. The highest BCUT2D eigenvalue weighted by Crippen LogP contribution is 2.33. The summed E-state index contributed by atoms with van der Waals surface area (Å²) in [5, 5.41) is 16.7. The number of rotatable bonds is 3. The van der Waals surface area contributed by atoms with Gasteiger partial charge in [-0.3, -0.25) is 14.8 Å². The highest BCUT2D eigenvalue weighted by Gasteiger charge is 2.32. The normalized spacial score (nSPS) is 18.8. The lowest BCUT2D eigenvalue weighted by Gasteiger charge is -2.16. The maximum Gasteiger partial charge on any atom is 0.228 e. The van der Waals surface area contributed by atoms with Crippen molar-refractivity contribution in [3.63, 3.8) is 0 Å². The molecular weight excluding hydrogens is 278 g/mol. The summed E-state index contributed by atoms with van der Waals surface area (Å²) < 4.78 is 0. The van der Waals surface area contributed by atoms with Crippen LogP contribution in [0.1, 0.15) is 6.42 Å². The van der Waals surface area contributed by atoms with Crippen LogP contribution in [-0.2, 0) is 4.79 Å². The maximum absolute atomic E-state index is 12.0. The van der Waals surface area contributed by atoms with Crippen LogP contribution in [0.2, 0.25) is 5.02 Å². The second-order valence-corrected chi connectivity index (χ2v) is 5.34. The number of halogens is 1. The van der Waals surface area contributed by atoms with Gasteiger partial charge in [-0.1, -0.05) is 23.7 Å². The Morgan fingerprint density at radius 1 is 1.50 bits per heavy atom. The summed E-state index contributed by atoms with van der Waals surface area (Å²) >= 11 is 6.00. The molecule has 2 aromatic rings. The monoisotopic (exact) mass is 291 g/mol. The Balaban J connectivity index is 1.97. The third kappa shape index (κ3) is 2.30. The SMILES string of the molecule is O=C1CC(CO)CN1c1[nH]ncc1-c1cccc(Cl)c1. The van der Waals surface area contributed by atoms with Gasteiger partial charge in [0.2, 0.25) is 5.91 Å². The van der Waals surface area contributed by atoms with Crippen molar-refractivity contribution in [2.75, 3.05) is 18.1 Å². The minimum atomic E-state index is -0.0157. The number of amides is 1. The zero-order chi connectivity index (χ0) is 14.1. The number of nitrogens with one attached hydrogen (secondary N) is 1. The molecule has 3 rings (SSSR count). The largest absolute Gasteiger partial charge is 0.396 e. The molecule has 0 spiro atoms. The standard InChI is InChI=1S/C14H14ClN3O2/c15-11-3-1-2-10(5-11)12-6-16-17-14(12)18-7-9(8-19)4-13(18)20/h1-3,5-6,9,19H,4,7-8H2,(H,16,17). The Labute approximate surface area is 121 Å². The van der Waals surface area contributed by atoms with Gasteiger partial charge in [0.25, 0.3) is 0 Å². The van der Waals surface area contributed by atoms with Crippen molar-refractivity contribution in [2.24, 2.45) is 5.92 Å². The van der Waals surface area contributed by atoms with E-state index < -0.39 is 0 Å². The molecule has 1 aliphatic heterocycles. The van der Waals surface area contributed by atoms with Gasteiger partial charge < -0.3 is 5.11 Å². The van der Waals surface area contributed by atoms with Crippen molar-refractivity contribution in [1.82, 2.24) is 10.2 Å². The van der Waals surface area contributed by atoms with Gasteiger partial charge in [-0.2, -0.15) is 5.10 Å². The molecule has 1 fully saturated rings. The van der Waals surface area contributed by atoms with Crippen molar-refractivity contribution in [2.45, 2.75) is 6.42 Å². The molecule has 1 aliphatic rings. The molecule has 1 amide bonds. The Kier molecular flexibility index (Phi) is 3.46. The lowest BCUT2D eigenvalue weighted by atomic mass is 10.1. The number of carbonyl (C=O) groups is 1. The highest BCUT2D eigenvalue weighted by atomic mass is 35.5. The highest BCUT2D eigenvalue weighted by molar-refractivity contribution is 6.30. The summed E-state index contributed by atoms with van der Waals surface area (Å²) in [5.74, 6) is 0.641. The summed E-state index contributed by atoms with van der Waals surface area (Å²) in [6, 6.07) is 7.41. The van der Waals surface area contributed by atoms with Gasteiger partial charge in [0.1, 0.15) is 5.82 Å². The van der Waals surface area contributed by atoms with E-state index in [-0.39, 0.29) is 18.4 Å². The van der Waals surface area contributed by atoms with Crippen LogP contribution in [0.15, 0.2) is 30.5 Å². The van der Waals surface area contributed by atoms with E-state index in [1.807, 2.05) is 18.2 Å². The van der Waals surface area contributed by atoms with Gasteiger partial charge in [0.05, 0.1) is 6.20 Å². The summed E-state index contributed by atoms with van der Waals surface area (Å²) in [4.78, 5) is 13.7. The number of hydrogen-bond donors (Lipinski definition) is 2. The fourth-order valence-electron chi connectivity index (χ4n) is 2.47. The lowest BCUT2D eigenvalue weighted by Crippen LogP contribution is -2.25. The maximum atomic E-state index is 12.0. The fourth-order valence-corrected chi connectivity index (χ4v) is 2.66. The van der Waals surface area contributed by atoms with Gasteiger partial charge in [-0.25, -0.2) is 0 Å². The molecule has 1 aromatic heterocycles. The second-order valence-electron chi connectivity index (χ2n) is 4.90. The summed E-state index contributed by atoms with van der Waals surface area (Å²) in [6.45, 7) is 0.522. The van der Waals surface area contributed by atoms with Gasteiger partial charge in [0, 0.05) is 36.1 Å². The Morgan fingerprint density at radius 2 is 2.35 bits per heavy atom. The predicted molar refractivity (Wildman–Crippen MR) is 76.6 cm³/mol. The molecule has 2 N–H and O–H groups in total. The fraction of sp³-hybridized carbons (Fsp3) is 0.286. The average molecular weight is 292 g/mol. The molecular formula is C14H14ClN3O2. The van der Waals surface area contributed by atoms with Crippen LogP contribution in [0.5, 0.6) is 0 Å². The summed E-state index contributed by atoms with van der Waals surface area (Å²) in [5.41, 5.74) is 1.74. The minimum Gasteiger partial charge on any atom is -0.396 e. The van der Waals surface area contributed by atoms with Crippen LogP contribution in [0.3, 0.4) is 0 Å². The van der Waals surface area contributed by atoms with E-state index in [0.29, 0.717) is 23.8 Å². The van der Waals surface area contributed by atoms with Crippen LogP contribution < -0.4 is 4.90 Å². The predicted octanol–water partition coefficient (Wildman–Crippen LogP) is 2.08. The molecule has 1 saturated heterocycles. The molecule has 0 bridgehead atoms.